The summed E-state index contributed by atoms with van der Waals surface area (Å²) in [6.07, 6.45) is 2.18. The van der Waals surface area contributed by atoms with E-state index in [1.54, 1.807) is 26.3 Å². The molecule has 0 bridgehead atoms. The van der Waals surface area contributed by atoms with Crippen LogP contribution < -0.4 is 10.1 Å². The smallest absolute Gasteiger partial charge is 0.225 e. The Bertz CT molecular complexity index is 609. The van der Waals surface area contributed by atoms with Crippen LogP contribution in [0.1, 0.15) is 19.0 Å². The highest BCUT2D eigenvalue weighted by atomic mass is 16.5. The molecule has 0 aliphatic carbocycles. The van der Waals surface area contributed by atoms with E-state index in [1.165, 1.54) is 0 Å². The minimum Gasteiger partial charge on any atom is -0.481 e. The van der Waals surface area contributed by atoms with E-state index in [-0.39, 0.29) is 5.91 Å². The molecule has 2 aromatic heterocycles. The predicted molar refractivity (Wildman–Crippen MR) is 77.7 cm³/mol. The minimum atomic E-state index is -0.0456. The number of carbonyl (C=O) groups is 1. The highest BCUT2D eigenvalue weighted by molar-refractivity contribution is 5.89. The number of hydrogen-bond donors (Lipinski definition) is 1. The maximum absolute atomic E-state index is 11.3. The first-order chi connectivity index (χ1) is 9.63. The van der Waals surface area contributed by atoms with Gasteiger partial charge < -0.3 is 10.1 Å². The van der Waals surface area contributed by atoms with Gasteiger partial charge in [0.1, 0.15) is 5.82 Å². The SMILES string of the molecule is CCC(=O)Nc1ccc(-c2ccc(OC)nc2)c(C)n1. The van der Waals surface area contributed by atoms with Gasteiger partial charge >= 0.3 is 0 Å². The summed E-state index contributed by atoms with van der Waals surface area (Å²) in [5.41, 5.74) is 2.78. The third-order valence-electron chi connectivity index (χ3n) is 2.93. The van der Waals surface area contributed by atoms with Gasteiger partial charge in [0, 0.05) is 35.5 Å². The van der Waals surface area contributed by atoms with Crippen molar-refractivity contribution in [3.63, 3.8) is 0 Å². The molecule has 0 fully saturated rings. The molecule has 0 unspecified atom stereocenters. The number of pyridine rings is 2. The van der Waals surface area contributed by atoms with Gasteiger partial charge in [0.15, 0.2) is 0 Å². The summed E-state index contributed by atoms with van der Waals surface area (Å²) in [5.74, 6) is 1.10. The van der Waals surface area contributed by atoms with Crippen LogP contribution >= 0.6 is 0 Å². The summed E-state index contributed by atoms with van der Waals surface area (Å²) < 4.78 is 5.04. The van der Waals surface area contributed by atoms with Crippen LogP contribution in [0.5, 0.6) is 5.88 Å². The van der Waals surface area contributed by atoms with Gasteiger partial charge in [0.25, 0.3) is 0 Å². The summed E-state index contributed by atoms with van der Waals surface area (Å²) in [5, 5.41) is 2.74. The summed E-state index contributed by atoms with van der Waals surface area (Å²) in [6, 6.07) is 7.46. The second-order valence-corrected chi connectivity index (χ2v) is 4.32. The number of carbonyl (C=O) groups excluding carboxylic acids is 1. The van der Waals surface area contributed by atoms with E-state index in [4.69, 9.17) is 4.74 Å². The Morgan fingerprint density at radius 2 is 2.10 bits per heavy atom. The zero-order valence-electron chi connectivity index (χ0n) is 11.8. The van der Waals surface area contributed by atoms with Crippen LogP contribution in [0.4, 0.5) is 5.82 Å². The highest BCUT2D eigenvalue weighted by Gasteiger charge is 2.07. The second kappa shape index (κ2) is 6.14. The fraction of sp³-hybridized carbons (Fsp3) is 0.267. The van der Waals surface area contributed by atoms with Gasteiger partial charge in [-0.3, -0.25) is 4.79 Å². The van der Waals surface area contributed by atoms with Crippen molar-refractivity contribution in [3.8, 4) is 17.0 Å². The van der Waals surface area contributed by atoms with Gasteiger partial charge in [0.2, 0.25) is 11.8 Å². The average Bonchev–Trinajstić information content (AvgIpc) is 2.47. The Morgan fingerprint density at radius 1 is 1.30 bits per heavy atom. The normalized spacial score (nSPS) is 10.2. The maximum atomic E-state index is 11.3. The van der Waals surface area contributed by atoms with Crippen molar-refractivity contribution in [2.75, 3.05) is 12.4 Å². The van der Waals surface area contributed by atoms with Crippen molar-refractivity contribution in [1.82, 2.24) is 9.97 Å². The Hall–Kier alpha value is -2.43. The molecule has 0 saturated carbocycles. The van der Waals surface area contributed by atoms with E-state index in [0.29, 0.717) is 18.1 Å². The molecule has 0 aliphatic rings. The average molecular weight is 271 g/mol. The van der Waals surface area contributed by atoms with Crippen LogP contribution in [0.3, 0.4) is 0 Å². The van der Waals surface area contributed by atoms with Crippen LogP contribution in [-0.2, 0) is 4.79 Å². The lowest BCUT2D eigenvalue weighted by molar-refractivity contribution is -0.115. The number of methoxy groups -OCH3 is 1. The third kappa shape index (κ3) is 3.12. The molecule has 5 heteroatoms. The summed E-state index contributed by atoms with van der Waals surface area (Å²) >= 11 is 0. The zero-order valence-corrected chi connectivity index (χ0v) is 11.8. The number of aryl methyl sites for hydroxylation is 1. The van der Waals surface area contributed by atoms with Crippen LogP contribution in [0.25, 0.3) is 11.1 Å². The summed E-state index contributed by atoms with van der Waals surface area (Å²) in [6.45, 7) is 3.71. The van der Waals surface area contributed by atoms with Crippen molar-refractivity contribution >= 4 is 11.7 Å². The van der Waals surface area contributed by atoms with Gasteiger partial charge in [-0.1, -0.05) is 6.92 Å². The zero-order chi connectivity index (χ0) is 14.5. The van der Waals surface area contributed by atoms with Crippen molar-refractivity contribution in [1.29, 1.82) is 0 Å². The number of hydrogen-bond acceptors (Lipinski definition) is 4. The fourth-order valence-corrected chi connectivity index (χ4v) is 1.83. The lowest BCUT2D eigenvalue weighted by atomic mass is 10.1. The van der Waals surface area contributed by atoms with Gasteiger partial charge in [-0.15, -0.1) is 0 Å². The monoisotopic (exact) mass is 271 g/mol. The van der Waals surface area contributed by atoms with Crippen molar-refractivity contribution in [2.24, 2.45) is 0 Å². The van der Waals surface area contributed by atoms with Gasteiger partial charge in [-0.25, -0.2) is 9.97 Å². The number of rotatable bonds is 4. The third-order valence-corrected chi connectivity index (χ3v) is 2.93. The highest BCUT2D eigenvalue weighted by Crippen LogP contribution is 2.24. The molecule has 1 N–H and O–H groups in total. The quantitative estimate of drug-likeness (QED) is 0.928. The Labute approximate surface area is 118 Å². The van der Waals surface area contributed by atoms with Crippen LogP contribution in [0, 0.1) is 6.92 Å². The molecule has 0 atom stereocenters. The van der Waals surface area contributed by atoms with E-state index < -0.39 is 0 Å². The number of anilines is 1. The van der Waals surface area contributed by atoms with Crippen molar-refractivity contribution < 1.29 is 9.53 Å². The number of aromatic nitrogens is 2. The van der Waals surface area contributed by atoms with Gasteiger partial charge in [-0.2, -0.15) is 0 Å². The molecule has 104 valence electrons. The molecule has 0 saturated heterocycles. The second-order valence-electron chi connectivity index (χ2n) is 4.32. The fourth-order valence-electron chi connectivity index (χ4n) is 1.83. The molecule has 0 radical (unpaired) electrons. The lowest BCUT2D eigenvalue weighted by Crippen LogP contribution is -2.11. The van der Waals surface area contributed by atoms with E-state index >= 15 is 0 Å². The topological polar surface area (TPSA) is 64.1 Å². The van der Waals surface area contributed by atoms with E-state index in [0.717, 1.165) is 16.8 Å². The molecule has 20 heavy (non-hydrogen) atoms. The molecular weight excluding hydrogens is 254 g/mol. The first-order valence-electron chi connectivity index (χ1n) is 6.42. The maximum Gasteiger partial charge on any atom is 0.225 e. The molecule has 1 amide bonds. The molecule has 0 spiro atoms. The Morgan fingerprint density at radius 3 is 2.65 bits per heavy atom. The minimum absolute atomic E-state index is 0.0456. The molecular formula is C15H17N3O2. The van der Waals surface area contributed by atoms with Crippen LogP contribution in [0.15, 0.2) is 30.5 Å². The largest absolute Gasteiger partial charge is 0.481 e. The number of nitrogens with one attached hydrogen (secondary N) is 1. The summed E-state index contributed by atoms with van der Waals surface area (Å²) in [4.78, 5) is 19.9. The molecule has 0 aromatic carbocycles. The van der Waals surface area contributed by atoms with E-state index in [1.807, 2.05) is 25.1 Å². The van der Waals surface area contributed by atoms with Crippen LogP contribution in [0.2, 0.25) is 0 Å². The number of ether oxygens (including phenoxy) is 1. The molecule has 2 rings (SSSR count). The predicted octanol–water partition coefficient (Wildman–Crippen LogP) is 2.81. The van der Waals surface area contributed by atoms with Crippen LogP contribution in [-0.4, -0.2) is 23.0 Å². The van der Waals surface area contributed by atoms with Gasteiger partial charge in [-0.05, 0) is 25.1 Å². The first-order valence-corrected chi connectivity index (χ1v) is 6.42. The number of amides is 1. The summed E-state index contributed by atoms with van der Waals surface area (Å²) in [7, 11) is 1.58. The van der Waals surface area contributed by atoms with Crippen molar-refractivity contribution in [3.05, 3.63) is 36.2 Å². The molecule has 0 aliphatic heterocycles. The lowest BCUT2D eigenvalue weighted by Gasteiger charge is -2.09. The van der Waals surface area contributed by atoms with E-state index in [2.05, 4.69) is 15.3 Å². The number of nitrogens with zero attached hydrogens (tertiary/aromatic N) is 2. The molecule has 2 aromatic rings. The van der Waals surface area contributed by atoms with Crippen molar-refractivity contribution in [2.45, 2.75) is 20.3 Å². The van der Waals surface area contributed by atoms with Gasteiger partial charge in [0.05, 0.1) is 7.11 Å². The van der Waals surface area contributed by atoms with E-state index in [9.17, 15) is 4.79 Å². The Kier molecular flexibility index (Phi) is 4.30. The molecule has 5 nitrogen and oxygen atoms in total. The molecule has 2 heterocycles. The standard InChI is InChI=1S/C15H17N3O2/c1-4-14(19)18-13-7-6-12(10(2)17-13)11-5-8-15(20-3)16-9-11/h5-9H,4H2,1-3H3,(H,17,18,19). The first kappa shape index (κ1) is 14.0. The Balaban J connectivity index is 2.26.